The fourth-order valence-electron chi connectivity index (χ4n) is 2.28. The van der Waals surface area contributed by atoms with Crippen molar-refractivity contribution >= 4 is 11.6 Å². The highest BCUT2D eigenvalue weighted by atomic mass is 16.2. The summed E-state index contributed by atoms with van der Waals surface area (Å²) in [7, 11) is 0. The molecule has 17 heavy (non-hydrogen) atoms. The largest absolute Gasteiger partial charge is 0.325 e. The predicted octanol–water partition coefficient (Wildman–Crippen LogP) is 2.28. The minimum Gasteiger partial charge on any atom is -0.325 e. The summed E-state index contributed by atoms with van der Waals surface area (Å²) < 4.78 is 0. The number of benzene rings is 1. The molecule has 1 fully saturated rings. The molecule has 1 saturated heterocycles. The molecule has 1 amide bonds. The fraction of sp³-hybridized carbons (Fsp3) is 0.500. The van der Waals surface area contributed by atoms with E-state index in [0.717, 1.165) is 25.2 Å². The highest BCUT2D eigenvalue weighted by molar-refractivity contribution is 5.93. The standard InChI is InChI=1S/C14H20N2O/c1-2-12-7-3-4-8-13(12)15-14(17)11-16-9-5-6-10-16/h3-4,7-8H,2,5-6,9-11H2,1H3,(H,15,17). The summed E-state index contributed by atoms with van der Waals surface area (Å²) in [6.45, 7) is 4.75. The summed E-state index contributed by atoms with van der Waals surface area (Å²) in [6.07, 6.45) is 3.39. The lowest BCUT2D eigenvalue weighted by Crippen LogP contribution is -2.31. The second-order valence-electron chi connectivity index (χ2n) is 4.54. The van der Waals surface area contributed by atoms with Gasteiger partial charge in [0.2, 0.25) is 5.91 Å². The van der Waals surface area contributed by atoms with E-state index in [9.17, 15) is 4.79 Å². The molecule has 0 spiro atoms. The summed E-state index contributed by atoms with van der Waals surface area (Å²) in [5.41, 5.74) is 2.15. The third-order valence-electron chi connectivity index (χ3n) is 3.24. The van der Waals surface area contributed by atoms with Crippen molar-refractivity contribution in [3.8, 4) is 0 Å². The SMILES string of the molecule is CCc1ccccc1NC(=O)CN1CCCC1. The average Bonchev–Trinajstić information content (AvgIpc) is 2.82. The van der Waals surface area contributed by atoms with Gasteiger partial charge in [-0.1, -0.05) is 25.1 Å². The molecule has 1 aliphatic rings. The van der Waals surface area contributed by atoms with E-state index in [1.54, 1.807) is 0 Å². The van der Waals surface area contributed by atoms with Crippen LogP contribution in [0.1, 0.15) is 25.3 Å². The normalized spacial score (nSPS) is 16.1. The first-order chi connectivity index (χ1) is 8.29. The predicted molar refractivity (Wildman–Crippen MR) is 70.1 cm³/mol. The number of amides is 1. The average molecular weight is 232 g/mol. The van der Waals surface area contributed by atoms with E-state index < -0.39 is 0 Å². The van der Waals surface area contributed by atoms with Crippen LogP contribution < -0.4 is 5.32 Å². The molecule has 0 aliphatic carbocycles. The van der Waals surface area contributed by atoms with E-state index in [1.165, 1.54) is 18.4 Å². The van der Waals surface area contributed by atoms with Crippen molar-refractivity contribution in [2.24, 2.45) is 0 Å². The Morgan fingerprint density at radius 2 is 2.00 bits per heavy atom. The van der Waals surface area contributed by atoms with Crippen molar-refractivity contribution in [1.29, 1.82) is 0 Å². The Morgan fingerprint density at radius 1 is 1.29 bits per heavy atom. The molecule has 1 aliphatic heterocycles. The lowest BCUT2D eigenvalue weighted by Gasteiger charge is -2.15. The second-order valence-corrected chi connectivity index (χ2v) is 4.54. The number of aryl methyl sites for hydroxylation is 1. The topological polar surface area (TPSA) is 32.3 Å². The van der Waals surface area contributed by atoms with Crippen LogP contribution >= 0.6 is 0 Å². The van der Waals surface area contributed by atoms with E-state index in [2.05, 4.69) is 23.2 Å². The highest BCUT2D eigenvalue weighted by Crippen LogP contribution is 2.15. The minimum atomic E-state index is 0.104. The Balaban J connectivity index is 1.92. The Morgan fingerprint density at radius 3 is 2.71 bits per heavy atom. The van der Waals surface area contributed by atoms with Gasteiger partial charge in [0.25, 0.3) is 0 Å². The van der Waals surface area contributed by atoms with E-state index in [4.69, 9.17) is 0 Å². The van der Waals surface area contributed by atoms with Gasteiger partial charge in [-0.05, 0) is 44.0 Å². The molecule has 1 heterocycles. The maximum Gasteiger partial charge on any atom is 0.238 e. The number of nitrogens with zero attached hydrogens (tertiary/aromatic N) is 1. The van der Waals surface area contributed by atoms with Gasteiger partial charge in [0.15, 0.2) is 0 Å². The number of para-hydroxylation sites is 1. The summed E-state index contributed by atoms with van der Waals surface area (Å²) in [4.78, 5) is 14.1. The summed E-state index contributed by atoms with van der Waals surface area (Å²) in [5, 5.41) is 3.01. The molecule has 1 N–H and O–H groups in total. The first-order valence-corrected chi connectivity index (χ1v) is 6.39. The van der Waals surface area contributed by atoms with Crippen LogP contribution in [0.25, 0.3) is 0 Å². The summed E-state index contributed by atoms with van der Waals surface area (Å²) in [6, 6.07) is 8.01. The lowest BCUT2D eigenvalue weighted by molar-refractivity contribution is -0.117. The summed E-state index contributed by atoms with van der Waals surface area (Å²) >= 11 is 0. The Hall–Kier alpha value is -1.35. The van der Waals surface area contributed by atoms with Gasteiger partial charge in [0.1, 0.15) is 0 Å². The van der Waals surface area contributed by atoms with Crippen LogP contribution in [-0.4, -0.2) is 30.4 Å². The molecular formula is C14H20N2O. The van der Waals surface area contributed by atoms with E-state index >= 15 is 0 Å². The quantitative estimate of drug-likeness (QED) is 0.863. The Labute approximate surface area is 103 Å². The number of nitrogens with one attached hydrogen (secondary N) is 1. The van der Waals surface area contributed by atoms with Crippen molar-refractivity contribution in [1.82, 2.24) is 4.90 Å². The number of anilines is 1. The molecule has 0 unspecified atom stereocenters. The van der Waals surface area contributed by atoms with Crippen LogP contribution in [0, 0.1) is 0 Å². The van der Waals surface area contributed by atoms with Gasteiger partial charge >= 0.3 is 0 Å². The van der Waals surface area contributed by atoms with Crippen molar-refractivity contribution in [3.63, 3.8) is 0 Å². The van der Waals surface area contributed by atoms with E-state index in [1.807, 2.05) is 18.2 Å². The van der Waals surface area contributed by atoms with E-state index in [-0.39, 0.29) is 5.91 Å². The number of carbonyl (C=O) groups is 1. The molecule has 3 nitrogen and oxygen atoms in total. The zero-order valence-electron chi connectivity index (χ0n) is 10.4. The molecule has 0 saturated carbocycles. The second kappa shape index (κ2) is 5.82. The van der Waals surface area contributed by atoms with Crippen LogP contribution in [0.15, 0.2) is 24.3 Å². The molecule has 92 valence electrons. The zero-order chi connectivity index (χ0) is 12.1. The van der Waals surface area contributed by atoms with Crippen LogP contribution in [-0.2, 0) is 11.2 Å². The summed E-state index contributed by atoms with van der Waals surface area (Å²) in [5.74, 6) is 0.104. The third kappa shape index (κ3) is 3.30. The van der Waals surface area contributed by atoms with Crippen LogP contribution in [0.4, 0.5) is 5.69 Å². The van der Waals surface area contributed by atoms with E-state index in [0.29, 0.717) is 6.54 Å². The van der Waals surface area contributed by atoms with Gasteiger partial charge in [0.05, 0.1) is 6.54 Å². The Bertz CT molecular complexity index is 384. The maximum absolute atomic E-state index is 11.9. The first-order valence-electron chi connectivity index (χ1n) is 6.39. The number of carbonyl (C=O) groups excluding carboxylic acids is 1. The maximum atomic E-state index is 11.9. The van der Waals surface area contributed by atoms with Crippen molar-refractivity contribution in [2.75, 3.05) is 25.0 Å². The highest BCUT2D eigenvalue weighted by Gasteiger charge is 2.15. The molecule has 0 atom stereocenters. The third-order valence-corrected chi connectivity index (χ3v) is 3.24. The molecule has 3 heteroatoms. The van der Waals surface area contributed by atoms with Crippen molar-refractivity contribution in [3.05, 3.63) is 29.8 Å². The Kier molecular flexibility index (Phi) is 4.15. The van der Waals surface area contributed by atoms with Crippen LogP contribution in [0.2, 0.25) is 0 Å². The molecule has 2 rings (SSSR count). The zero-order valence-corrected chi connectivity index (χ0v) is 10.4. The number of hydrogen-bond donors (Lipinski definition) is 1. The number of hydrogen-bond acceptors (Lipinski definition) is 2. The van der Waals surface area contributed by atoms with Gasteiger partial charge in [-0.15, -0.1) is 0 Å². The molecule has 0 aromatic heterocycles. The molecule has 0 bridgehead atoms. The minimum absolute atomic E-state index is 0.104. The lowest BCUT2D eigenvalue weighted by atomic mass is 10.1. The monoisotopic (exact) mass is 232 g/mol. The van der Waals surface area contributed by atoms with Crippen molar-refractivity contribution in [2.45, 2.75) is 26.2 Å². The van der Waals surface area contributed by atoms with Crippen LogP contribution in [0.3, 0.4) is 0 Å². The molecule has 0 radical (unpaired) electrons. The molecule has 1 aromatic rings. The number of likely N-dealkylation sites (tertiary alicyclic amines) is 1. The van der Waals surface area contributed by atoms with Gasteiger partial charge in [0, 0.05) is 5.69 Å². The van der Waals surface area contributed by atoms with Crippen LogP contribution in [0.5, 0.6) is 0 Å². The van der Waals surface area contributed by atoms with Gasteiger partial charge in [-0.25, -0.2) is 0 Å². The van der Waals surface area contributed by atoms with Crippen molar-refractivity contribution < 1.29 is 4.79 Å². The van der Waals surface area contributed by atoms with Gasteiger partial charge < -0.3 is 5.32 Å². The first kappa shape index (κ1) is 12.1. The molecule has 1 aromatic carbocycles. The molecular weight excluding hydrogens is 212 g/mol. The van der Waals surface area contributed by atoms with Gasteiger partial charge in [-0.2, -0.15) is 0 Å². The smallest absolute Gasteiger partial charge is 0.238 e. The van der Waals surface area contributed by atoms with Gasteiger partial charge in [-0.3, -0.25) is 9.69 Å². The number of rotatable bonds is 4. The fourth-order valence-corrected chi connectivity index (χ4v) is 2.28.